The summed E-state index contributed by atoms with van der Waals surface area (Å²) in [7, 11) is 0. The maximum absolute atomic E-state index is 4.52. The van der Waals surface area contributed by atoms with Gasteiger partial charge in [-0.2, -0.15) is 0 Å². The van der Waals surface area contributed by atoms with Crippen LogP contribution in [0.25, 0.3) is 0 Å². The van der Waals surface area contributed by atoms with Crippen molar-refractivity contribution in [2.45, 2.75) is 33.6 Å². The Morgan fingerprint density at radius 3 is 2.85 bits per heavy atom. The molecule has 1 heterocycles. The number of hydrogen-bond donors (Lipinski definition) is 1. The van der Waals surface area contributed by atoms with Crippen LogP contribution >= 0.6 is 11.8 Å². The summed E-state index contributed by atoms with van der Waals surface area (Å²) in [6.45, 7) is 8.79. The normalized spacial score (nSPS) is 21.0. The lowest BCUT2D eigenvalue weighted by molar-refractivity contribution is 0.436. The monoisotopic (exact) mass is 200 g/mol. The van der Waals surface area contributed by atoms with Gasteiger partial charge in [-0.3, -0.25) is 4.99 Å². The van der Waals surface area contributed by atoms with E-state index in [1.165, 1.54) is 18.6 Å². The molecule has 0 unspecified atom stereocenters. The van der Waals surface area contributed by atoms with Crippen molar-refractivity contribution in [3.05, 3.63) is 0 Å². The first-order valence-electron chi connectivity index (χ1n) is 5.05. The van der Waals surface area contributed by atoms with Crippen LogP contribution in [-0.2, 0) is 0 Å². The van der Waals surface area contributed by atoms with Crippen LogP contribution < -0.4 is 5.32 Å². The lowest BCUT2D eigenvalue weighted by Gasteiger charge is -2.27. The molecule has 0 saturated heterocycles. The standard InChI is InChI=1S/C10H20N2S/c1-4-5-6-11-9-12-7-10(2,3)8-13-9/h4-8H2,1-3H3,(H,11,12). The lowest BCUT2D eigenvalue weighted by atomic mass is 9.97. The summed E-state index contributed by atoms with van der Waals surface area (Å²) in [5, 5.41) is 4.52. The summed E-state index contributed by atoms with van der Waals surface area (Å²) in [6.07, 6.45) is 2.49. The largest absolute Gasteiger partial charge is 0.365 e. The molecule has 13 heavy (non-hydrogen) atoms. The van der Waals surface area contributed by atoms with Crippen molar-refractivity contribution < 1.29 is 0 Å². The van der Waals surface area contributed by atoms with E-state index < -0.39 is 0 Å². The Hall–Kier alpha value is -0.180. The van der Waals surface area contributed by atoms with Crippen LogP contribution in [0.2, 0.25) is 0 Å². The third-order valence-electron chi connectivity index (χ3n) is 2.06. The van der Waals surface area contributed by atoms with Crippen molar-refractivity contribution in [2.24, 2.45) is 10.4 Å². The number of hydrogen-bond acceptors (Lipinski definition) is 3. The molecule has 0 aromatic heterocycles. The maximum atomic E-state index is 4.52. The fourth-order valence-electron chi connectivity index (χ4n) is 1.12. The Bertz CT molecular complexity index is 187. The average Bonchev–Trinajstić information content (AvgIpc) is 2.08. The first-order chi connectivity index (χ1) is 6.14. The molecule has 2 nitrogen and oxygen atoms in total. The zero-order chi connectivity index (χ0) is 9.73. The average molecular weight is 200 g/mol. The van der Waals surface area contributed by atoms with Crippen LogP contribution in [0.5, 0.6) is 0 Å². The fraction of sp³-hybridized carbons (Fsp3) is 0.900. The highest BCUT2D eigenvalue weighted by Gasteiger charge is 2.22. The second kappa shape index (κ2) is 4.89. The zero-order valence-corrected chi connectivity index (χ0v) is 9.71. The van der Waals surface area contributed by atoms with Gasteiger partial charge in [0.2, 0.25) is 0 Å². The molecule has 0 atom stereocenters. The molecule has 3 heteroatoms. The van der Waals surface area contributed by atoms with Gasteiger partial charge in [-0.25, -0.2) is 0 Å². The van der Waals surface area contributed by atoms with Crippen LogP contribution in [0, 0.1) is 5.41 Å². The third-order valence-corrected chi connectivity index (χ3v) is 3.53. The van der Waals surface area contributed by atoms with Gasteiger partial charge in [0, 0.05) is 18.8 Å². The Balaban J connectivity index is 2.25. The molecule has 1 aliphatic rings. The molecule has 1 rings (SSSR count). The number of rotatable bonds is 3. The SMILES string of the molecule is CCCCNC1=NCC(C)(C)CS1. The number of aliphatic imine (C=N–C) groups is 1. The van der Waals surface area contributed by atoms with E-state index in [9.17, 15) is 0 Å². The Morgan fingerprint density at radius 2 is 2.31 bits per heavy atom. The summed E-state index contributed by atoms with van der Waals surface area (Å²) >= 11 is 1.86. The van der Waals surface area contributed by atoms with Crippen molar-refractivity contribution in [3.8, 4) is 0 Å². The molecule has 0 bridgehead atoms. The molecule has 0 saturated carbocycles. The summed E-state index contributed by atoms with van der Waals surface area (Å²) in [5.74, 6) is 1.19. The van der Waals surface area contributed by atoms with Gasteiger partial charge < -0.3 is 5.32 Å². The van der Waals surface area contributed by atoms with Crippen LogP contribution in [0.15, 0.2) is 4.99 Å². The Morgan fingerprint density at radius 1 is 1.54 bits per heavy atom. The molecule has 0 aromatic rings. The first-order valence-corrected chi connectivity index (χ1v) is 6.04. The van der Waals surface area contributed by atoms with E-state index in [4.69, 9.17) is 0 Å². The predicted molar refractivity (Wildman–Crippen MR) is 61.5 cm³/mol. The molecule has 0 aliphatic carbocycles. The molecular weight excluding hydrogens is 180 g/mol. The second-order valence-electron chi connectivity index (χ2n) is 4.35. The van der Waals surface area contributed by atoms with Gasteiger partial charge in [0.15, 0.2) is 5.17 Å². The zero-order valence-electron chi connectivity index (χ0n) is 8.89. The molecule has 0 radical (unpaired) electrons. The summed E-state index contributed by atoms with van der Waals surface area (Å²) in [6, 6.07) is 0. The summed E-state index contributed by atoms with van der Waals surface area (Å²) in [5.41, 5.74) is 0.389. The van der Waals surface area contributed by atoms with Crippen LogP contribution in [0.3, 0.4) is 0 Å². The molecular formula is C10H20N2S. The summed E-state index contributed by atoms with van der Waals surface area (Å²) in [4.78, 5) is 4.52. The van der Waals surface area contributed by atoms with E-state index in [1.807, 2.05) is 11.8 Å². The molecule has 0 fully saturated rings. The Kier molecular flexibility index (Phi) is 4.10. The minimum absolute atomic E-state index is 0.389. The van der Waals surface area contributed by atoms with Gasteiger partial charge in [0.05, 0.1) is 0 Å². The molecule has 1 N–H and O–H groups in total. The van der Waals surface area contributed by atoms with E-state index in [2.05, 4.69) is 31.1 Å². The highest BCUT2D eigenvalue weighted by molar-refractivity contribution is 8.13. The van der Waals surface area contributed by atoms with Crippen molar-refractivity contribution >= 4 is 16.9 Å². The minimum atomic E-state index is 0.389. The molecule has 0 aromatic carbocycles. The second-order valence-corrected chi connectivity index (χ2v) is 5.32. The molecule has 0 spiro atoms. The highest BCUT2D eigenvalue weighted by Crippen LogP contribution is 2.26. The third kappa shape index (κ3) is 4.03. The van der Waals surface area contributed by atoms with Gasteiger partial charge in [0.1, 0.15) is 0 Å². The Labute approximate surface area is 85.6 Å². The predicted octanol–water partition coefficient (Wildman–Crippen LogP) is 2.51. The van der Waals surface area contributed by atoms with Gasteiger partial charge in [0.25, 0.3) is 0 Å². The van der Waals surface area contributed by atoms with E-state index in [0.29, 0.717) is 5.41 Å². The number of unbranched alkanes of at least 4 members (excludes halogenated alkanes) is 1. The van der Waals surface area contributed by atoms with Gasteiger partial charge >= 0.3 is 0 Å². The minimum Gasteiger partial charge on any atom is -0.365 e. The van der Waals surface area contributed by atoms with Crippen molar-refractivity contribution in [1.29, 1.82) is 0 Å². The number of nitrogens with one attached hydrogen (secondary N) is 1. The highest BCUT2D eigenvalue weighted by atomic mass is 32.2. The number of nitrogens with zero attached hydrogens (tertiary/aromatic N) is 1. The molecule has 76 valence electrons. The molecule has 0 amide bonds. The number of amidine groups is 1. The van der Waals surface area contributed by atoms with Gasteiger partial charge in [-0.15, -0.1) is 0 Å². The van der Waals surface area contributed by atoms with E-state index in [1.54, 1.807) is 0 Å². The van der Waals surface area contributed by atoms with E-state index in [-0.39, 0.29) is 0 Å². The fourth-order valence-corrected chi connectivity index (χ4v) is 2.10. The smallest absolute Gasteiger partial charge is 0.156 e. The molecule has 1 aliphatic heterocycles. The summed E-state index contributed by atoms with van der Waals surface area (Å²) < 4.78 is 0. The van der Waals surface area contributed by atoms with Crippen LogP contribution in [0.4, 0.5) is 0 Å². The van der Waals surface area contributed by atoms with Crippen LogP contribution in [-0.4, -0.2) is 24.0 Å². The quantitative estimate of drug-likeness (QED) is 0.708. The van der Waals surface area contributed by atoms with E-state index >= 15 is 0 Å². The van der Waals surface area contributed by atoms with Crippen LogP contribution in [0.1, 0.15) is 33.6 Å². The maximum Gasteiger partial charge on any atom is 0.156 e. The van der Waals surface area contributed by atoms with Crippen molar-refractivity contribution in [3.63, 3.8) is 0 Å². The number of thioether (sulfide) groups is 1. The van der Waals surface area contributed by atoms with E-state index in [0.717, 1.165) is 18.3 Å². The first kappa shape index (κ1) is 10.9. The lowest BCUT2D eigenvalue weighted by Crippen LogP contribution is -2.31. The topological polar surface area (TPSA) is 24.4 Å². The van der Waals surface area contributed by atoms with Gasteiger partial charge in [-0.1, -0.05) is 39.0 Å². The van der Waals surface area contributed by atoms with Gasteiger partial charge in [-0.05, 0) is 11.8 Å². The van der Waals surface area contributed by atoms with Crippen molar-refractivity contribution in [1.82, 2.24) is 5.32 Å². The van der Waals surface area contributed by atoms with Crippen molar-refractivity contribution in [2.75, 3.05) is 18.8 Å².